The summed E-state index contributed by atoms with van der Waals surface area (Å²) in [5, 5.41) is 11.9. The van der Waals surface area contributed by atoms with Crippen LogP contribution in [0.2, 0.25) is 0 Å². The van der Waals surface area contributed by atoms with Crippen molar-refractivity contribution in [3.8, 4) is 0 Å². The molecule has 0 amide bonds. The maximum atomic E-state index is 12.3. The Balaban J connectivity index is 2.87. The van der Waals surface area contributed by atoms with Crippen molar-refractivity contribution in [2.24, 2.45) is 10.6 Å². The minimum atomic E-state index is -4.45. The Morgan fingerprint density at radius 3 is 2.35 bits per heavy atom. The van der Waals surface area contributed by atoms with E-state index in [1.165, 1.54) is 4.57 Å². The average Bonchev–Trinajstić information content (AvgIpc) is 2.59. The molecule has 0 aliphatic heterocycles. The maximum absolute atomic E-state index is 12.3. The lowest BCUT2D eigenvalue weighted by molar-refractivity contribution is -0.140. The van der Waals surface area contributed by atoms with E-state index < -0.39 is 17.3 Å². The van der Waals surface area contributed by atoms with Crippen LogP contribution < -0.4 is 0 Å². The summed E-state index contributed by atoms with van der Waals surface area (Å²) in [7, 11) is 0. The summed E-state index contributed by atoms with van der Waals surface area (Å²) in [5.74, 6) is 0. The molecule has 0 bridgehead atoms. The molecule has 96 valence electrons. The van der Waals surface area contributed by atoms with E-state index in [1.807, 2.05) is 20.8 Å². The highest BCUT2D eigenvalue weighted by Crippen LogP contribution is 2.27. The molecule has 0 fully saturated rings. The minimum absolute atomic E-state index is 0.0725. The SMILES string of the molecule is CC(C)(C)C(Cn1cnc(C(F)(F)F)c1)=NO. The maximum Gasteiger partial charge on any atom is 0.434 e. The summed E-state index contributed by atoms with van der Waals surface area (Å²) in [6, 6.07) is 0. The van der Waals surface area contributed by atoms with Gasteiger partial charge in [-0.2, -0.15) is 13.2 Å². The van der Waals surface area contributed by atoms with Crippen LogP contribution in [0.1, 0.15) is 26.5 Å². The van der Waals surface area contributed by atoms with E-state index in [1.54, 1.807) is 0 Å². The molecule has 1 N–H and O–H groups in total. The van der Waals surface area contributed by atoms with Crippen molar-refractivity contribution in [3.63, 3.8) is 0 Å². The van der Waals surface area contributed by atoms with Crippen molar-refractivity contribution in [2.75, 3.05) is 0 Å². The van der Waals surface area contributed by atoms with Gasteiger partial charge in [-0.3, -0.25) is 0 Å². The molecule has 0 unspecified atom stereocenters. The molecule has 7 heteroatoms. The minimum Gasteiger partial charge on any atom is -0.411 e. The number of imidazole rings is 1. The Morgan fingerprint density at radius 1 is 1.41 bits per heavy atom. The first kappa shape index (κ1) is 13.5. The molecule has 0 aliphatic carbocycles. The molecule has 0 saturated heterocycles. The third kappa shape index (κ3) is 3.47. The molecule has 1 aromatic heterocycles. The highest BCUT2D eigenvalue weighted by atomic mass is 19.4. The van der Waals surface area contributed by atoms with E-state index in [2.05, 4.69) is 10.1 Å². The molecule has 1 heterocycles. The molecule has 4 nitrogen and oxygen atoms in total. The third-order valence-corrected chi connectivity index (χ3v) is 2.24. The summed E-state index contributed by atoms with van der Waals surface area (Å²) in [6.45, 7) is 5.50. The van der Waals surface area contributed by atoms with E-state index in [-0.39, 0.29) is 6.54 Å². The number of halogens is 3. The summed E-state index contributed by atoms with van der Waals surface area (Å²) in [6.07, 6.45) is -2.50. The summed E-state index contributed by atoms with van der Waals surface area (Å²) >= 11 is 0. The Morgan fingerprint density at radius 2 is 2.00 bits per heavy atom. The summed E-state index contributed by atoms with van der Waals surface area (Å²) < 4.78 is 38.1. The lowest BCUT2D eigenvalue weighted by Crippen LogP contribution is -2.25. The van der Waals surface area contributed by atoms with Crippen LogP contribution in [0.5, 0.6) is 0 Å². The van der Waals surface area contributed by atoms with E-state index in [0.29, 0.717) is 5.71 Å². The number of hydrogen-bond acceptors (Lipinski definition) is 3. The van der Waals surface area contributed by atoms with Crippen LogP contribution in [0.3, 0.4) is 0 Å². The standard InChI is InChI=1S/C10H14F3N3O/c1-9(2,3)7(15-17)4-16-5-8(14-6-16)10(11,12)13/h5-6,17H,4H2,1-3H3. The molecule has 0 spiro atoms. The van der Waals surface area contributed by atoms with Gasteiger partial charge in [0.05, 0.1) is 18.6 Å². The van der Waals surface area contributed by atoms with Gasteiger partial charge in [-0.05, 0) is 0 Å². The van der Waals surface area contributed by atoms with Gasteiger partial charge in [0.25, 0.3) is 0 Å². The highest BCUT2D eigenvalue weighted by Gasteiger charge is 2.33. The Labute approximate surface area is 96.8 Å². The van der Waals surface area contributed by atoms with Crippen LogP contribution in [0.4, 0.5) is 13.2 Å². The number of aromatic nitrogens is 2. The highest BCUT2D eigenvalue weighted by molar-refractivity contribution is 5.88. The normalized spacial score (nSPS) is 14.1. The Kier molecular flexibility index (Phi) is 3.49. The topological polar surface area (TPSA) is 50.4 Å². The lowest BCUT2D eigenvalue weighted by Gasteiger charge is -2.19. The first-order valence-corrected chi connectivity index (χ1v) is 4.95. The zero-order valence-electron chi connectivity index (χ0n) is 9.78. The molecule has 1 aromatic rings. The summed E-state index contributed by atoms with van der Waals surface area (Å²) in [4.78, 5) is 3.26. The van der Waals surface area contributed by atoms with Crippen molar-refractivity contribution >= 4 is 5.71 Å². The van der Waals surface area contributed by atoms with Crippen LogP contribution in [0.25, 0.3) is 0 Å². The van der Waals surface area contributed by atoms with E-state index in [0.717, 1.165) is 12.5 Å². The van der Waals surface area contributed by atoms with Crippen LogP contribution in [-0.2, 0) is 12.7 Å². The number of nitrogens with zero attached hydrogens (tertiary/aromatic N) is 3. The van der Waals surface area contributed by atoms with Gasteiger partial charge in [0.2, 0.25) is 0 Å². The first-order valence-electron chi connectivity index (χ1n) is 4.95. The number of hydrogen-bond donors (Lipinski definition) is 1. The largest absolute Gasteiger partial charge is 0.434 e. The molecule has 0 atom stereocenters. The van der Waals surface area contributed by atoms with Crippen LogP contribution >= 0.6 is 0 Å². The average molecular weight is 249 g/mol. The first-order chi connectivity index (χ1) is 7.64. The van der Waals surface area contributed by atoms with Gasteiger partial charge in [-0.15, -0.1) is 0 Å². The number of oxime groups is 1. The third-order valence-electron chi connectivity index (χ3n) is 2.24. The molecule has 1 rings (SSSR count). The zero-order valence-corrected chi connectivity index (χ0v) is 9.78. The second-order valence-corrected chi connectivity index (χ2v) is 4.73. The second-order valence-electron chi connectivity index (χ2n) is 4.73. The predicted molar refractivity (Wildman–Crippen MR) is 55.9 cm³/mol. The molecule has 0 aromatic carbocycles. The number of alkyl halides is 3. The number of rotatable bonds is 2. The van der Waals surface area contributed by atoms with Gasteiger partial charge >= 0.3 is 6.18 Å². The van der Waals surface area contributed by atoms with Crippen molar-refractivity contribution in [2.45, 2.75) is 33.5 Å². The molecule has 0 aliphatic rings. The Bertz CT molecular complexity index is 415. The fourth-order valence-corrected chi connectivity index (χ4v) is 1.18. The van der Waals surface area contributed by atoms with Gasteiger partial charge in [-0.1, -0.05) is 25.9 Å². The lowest BCUT2D eigenvalue weighted by atomic mass is 9.90. The fraction of sp³-hybridized carbons (Fsp3) is 0.600. The smallest absolute Gasteiger partial charge is 0.411 e. The van der Waals surface area contributed by atoms with Crippen LogP contribution in [0, 0.1) is 5.41 Å². The van der Waals surface area contributed by atoms with Crippen LogP contribution in [-0.4, -0.2) is 20.5 Å². The molecule has 0 radical (unpaired) electrons. The monoisotopic (exact) mass is 249 g/mol. The van der Waals surface area contributed by atoms with Gasteiger partial charge in [0.15, 0.2) is 5.69 Å². The van der Waals surface area contributed by atoms with Crippen molar-refractivity contribution in [1.82, 2.24) is 9.55 Å². The van der Waals surface area contributed by atoms with Gasteiger partial charge < -0.3 is 9.77 Å². The zero-order chi connectivity index (χ0) is 13.3. The van der Waals surface area contributed by atoms with Crippen molar-refractivity contribution < 1.29 is 18.4 Å². The van der Waals surface area contributed by atoms with E-state index in [9.17, 15) is 13.2 Å². The quantitative estimate of drug-likeness (QED) is 0.497. The fourth-order valence-electron chi connectivity index (χ4n) is 1.18. The van der Waals surface area contributed by atoms with Gasteiger partial charge in [0.1, 0.15) is 0 Å². The Hall–Kier alpha value is -1.53. The van der Waals surface area contributed by atoms with Gasteiger partial charge in [-0.25, -0.2) is 4.98 Å². The molecular formula is C10H14F3N3O. The van der Waals surface area contributed by atoms with E-state index in [4.69, 9.17) is 5.21 Å². The summed E-state index contributed by atoms with van der Waals surface area (Å²) in [5.41, 5.74) is -0.996. The predicted octanol–water partition coefficient (Wildman–Crippen LogP) is 2.78. The van der Waals surface area contributed by atoms with Crippen LogP contribution in [0.15, 0.2) is 17.7 Å². The molecule has 17 heavy (non-hydrogen) atoms. The second kappa shape index (κ2) is 4.38. The van der Waals surface area contributed by atoms with E-state index >= 15 is 0 Å². The van der Waals surface area contributed by atoms with Gasteiger partial charge in [0, 0.05) is 11.6 Å². The molecular weight excluding hydrogens is 235 g/mol. The molecule has 0 saturated carbocycles. The van der Waals surface area contributed by atoms with Crippen molar-refractivity contribution in [3.05, 3.63) is 18.2 Å². The van der Waals surface area contributed by atoms with Crippen molar-refractivity contribution in [1.29, 1.82) is 0 Å².